The van der Waals surface area contributed by atoms with Gasteiger partial charge in [-0.2, -0.15) is 0 Å². The fraction of sp³-hybridized carbons (Fsp3) is 0.125. The number of aromatic nitrogens is 1. The molecule has 0 spiro atoms. The van der Waals surface area contributed by atoms with Gasteiger partial charge < -0.3 is 0 Å². The monoisotopic (exact) mass is 300 g/mol. The average Bonchev–Trinajstić information content (AvgIpc) is 2.82. The van der Waals surface area contributed by atoms with E-state index < -0.39 is 0 Å². The number of benzene rings is 2. The maximum absolute atomic E-state index is 13.6. The standard InChI is InChI=1S/C16H13FN2OS/c1-9-6-7-11(10(2)8-9)15(20)19-16-18-14-12(17)4-3-5-13(14)21-16/h3-8H,1-2H3,(H,18,19,20). The Kier molecular flexibility index (Phi) is 3.43. The number of amides is 1. The zero-order valence-corrected chi connectivity index (χ0v) is 12.4. The topological polar surface area (TPSA) is 42.0 Å². The van der Waals surface area contributed by atoms with Crippen LogP contribution in [0.15, 0.2) is 36.4 Å². The van der Waals surface area contributed by atoms with Crippen LogP contribution in [-0.4, -0.2) is 10.9 Å². The Morgan fingerprint density at radius 1 is 1.24 bits per heavy atom. The van der Waals surface area contributed by atoms with Crippen LogP contribution in [0, 0.1) is 19.7 Å². The first-order valence-electron chi connectivity index (χ1n) is 6.48. The SMILES string of the molecule is Cc1ccc(C(=O)Nc2nc3c(F)cccc3s2)c(C)c1. The molecule has 0 unspecified atom stereocenters. The van der Waals surface area contributed by atoms with E-state index in [0.717, 1.165) is 11.1 Å². The van der Waals surface area contributed by atoms with Gasteiger partial charge in [0.25, 0.3) is 5.91 Å². The van der Waals surface area contributed by atoms with Crippen LogP contribution in [0.25, 0.3) is 10.2 Å². The number of anilines is 1. The number of thiazole rings is 1. The minimum atomic E-state index is -0.379. The number of carbonyl (C=O) groups is 1. The molecule has 2 aromatic carbocycles. The van der Waals surface area contributed by atoms with E-state index in [1.54, 1.807) is 18.2 Å². The van der Waals surface area contributed by atoms with Crippen molar-refractivity contribution in [2.45, 2.75) is 13.8 Å². The van der Waals surface area contributed by atoms with Crippen LogP contribution in [0.4, 0.5) is 9.52 Å². The molecule has 0 saturated heterocycles. The summed E-state index contributed by atoms with van der Waals surface area (Å²) in [6.07, 6.45) is 0. The van der Waals surface area contributed by atoms with Gasteiger partial charge in [0.2, 0.25) is 0 Å². The zero-order valence-electron chi connectivity index (χ0n) is 11.6. The second kappa shape index (κ2) is 5.26. The number of nitrogens with zero attached hydrogens (tertiary/aromatic N) is 1. The van der Waals surface area contributed by atoms with E-state index in [0.29, 0.717) is 20.9 Å². The highest BCUT2D eigenvalue weighted by molar-refractivity contribution is 7.22. The molecule has 0 atom stereocenters. The lowest BCUT2D eigenvalue weighted by molar-refractivity contribution is 0.102. The van der Waals surface area contributed by atoms with Crippen molar-refractivity contribution in [1.82, 2.24) is 4.98 Å². The van der Waals surface area contributed by atoms with Crippen LogP contribution >= 0.6 is 11.3 Å². The first kappa shape index (κ1) is 13.7. The predicted molar refractivity (Wildman–Crippen MR) is 83.4 cm³/mol. The largest absolute Gasteiger partial charge is 0.298 e. The van der Waals surface area contributed by atoms with Crippen molar-refractivity contribution in [1.29, 1.82) is 0 Å². The van der Waals surface area contributed by atoms with Gasteiger partial charge in [-0.3, -0.25) is 10.1 Å². The summed E-state index contributed by atoms with van der Waals surface area (Å²) in [5.74, 6) is -0.609. The quantitative estimate of drug-likeness (QED) is 0.766. The molecule has 3 rings (SSSR count). The fourth-order valence-electron chi connectivity index (χ4n) is 2.20. The lowest BCUT2D eigenvalue weighted by atomic mass is 10.1. The first-order chi connectivity index (χ1) is 10.0. The molecule has 106 valence electrons. The van der Waals surface area contributed by atoms with Gasteiger partial charge in [-0.05, 0) is 37.6 Å². The van der Waals surface area contributed by atoms with Crippen molar-refractivity contribution >= 4 is 32.6 Å². The molecular weight excluding hydrogens is 287 g/mol. The van der Waals surface area contributed by atoms with Crippen molar-refractivity contribution in [2.24, 2.45) is 0 Å². The number of halogens is 1. The molecule has 1 heterocycles. The highest BCUT2D eigenvalue weighted by Crippen LogP contribution is 2.28. The highest BCUT2D eigenvalue weighted by Gasteiger charge is 2.13. The lowest BCUT2D eigenvalue weighted by Crippen LogP contribution is -2.13. The van der Waals surface area contributed by atoms with Crippen LogP contribution in [0.5, 0.6) is 0 Å². The molecule has 5 heteroatoms. The molecule has 1 aromatic heterocycles. The van der Waals surface area contributed by atoms with E-state index in [1.165, 1.54) is 17.4 Å². The molecule has 0 aliphatic rings. The Morgan fingerprint density at radius 3 is 2.76 bits per heavy atom. The Balaban J connectivity index is 1.91. The van der Waals surface area contributed by atoms with E-state index in [-0.39, 0.29) is 11.7 Å². The number of hydrogen-bond acceptors (Lipinski definition) is 3. The summed E-state index contributed by atoms with van der Waals surface area (Å²) < 4.78 is 14.3. The number of aryl methyl sites for hydroxylation is 2. The maximum atomic E-state index is 13.6. The summed E-state index contributed by atoms with van der Waals surface area (Å²) in [4.78, 5) is 16.4. The van der Waals surface area contributed by atoms with Crippen molar-refractivity contribution in [3.8, 4) is 0 Å². The molecule has 3 nitrogen and oxygen atoms in total. The molecule has 0 fully saturated rings. The number of nitrogens with one attached hydrogen (secondary N) is 1. The van der Waals surface area contributed by atoms with Gasteiger partial charge in [0, 0.05) is 5.56 Å². The second-order valence-electron chi connectivity index (χ2n) is 4.88. The van der Waals surface area contributed by atoms with E-state index in [2.05, 4.69) is 10.3 Å². The minimum absolute atomic E-state index is 0.230. The zero-order chi connectivity index (χ0) is 15.0. The summed E-state index contributed by atoms with van der Waals surface area (Å²) in [7, 11) is 0. The van der Waals surface area contributed by atoms with Gasteiger partial charge in [-0.25, -0.2) is 9.37 Å². The molecule has 0 aliphatic carbocycles. The van der Waals surface area contributed by atoms with Crippen LogP contribution < -0.4 is 5.32 Å². The van der Waals surface area contributed by atoms with Crippen molar-refractivity contribution < 1.29 is 9.18 Å². The summed E-state index contributed by atoms with van der Waals surface area (Å²) in [6.45, 7) is 3.87. The van der Waals surface area contributed by atoms with Crippen LogP contribution in [0.2, 0.25) is 0 Å². The molecular formula is C16H13FN2OS. The van der Waals surface area contributed by atoms with E-state index in [1.807, 2.05) is 26.0 Å². The van der Waals surface area contributed by atoms with Crippen LogP contribution in [-0.2, 0) is 0 Å². The molecule has 0 saturated carbocycles. The normalized spacial score (nSPS) is 10.8. The number of para-hydroxylation sites is 1. The van der Waals surface area contributed by atoms with Crippen LogP contribution in [0.1, 0.15) is 21.5 Å². The fourth-order valence-corrected chi connectivity index (χ4v) is 3.08. The highest BCUT2D eigenvalue weighted by atomic mass is 32.1. The maximum Gasteiger partial charge on any atom is 0.257 e. The van der Waals surface area contributed by atoms with Crippen molar-refractivity contribution in [2.75, 3.05) is 5.32 Å². The van der Waals surface area contributed by atoms with Crippen molar-refractivity contribution in [3.05, 3.63) is 58.9 Å². The Labute approximate surface area is 125 Å². The smallest absolute Gasteiger partial charge is 0.257 e. The molecule has 1 N–H and O–H groups in total. The second-order valence-corrected chi connectivity index (χ2v) is 5.91. The summed E-state index contributed by atoms with van der Waals surface area (Å²) in [5.41, 5.74) is 2.89. The van der Waals surface area contributed by atoms with Gasteiger partial charge >= 0.3 is 0 Å². The number of hydrogen-bond donors (Lipinski definition) is 1. The first-order valence-corrected chi connectivity index (χ1v) is 7.30. The lowest BCUT2D eigenvalue weighted by Gasteiger charge is -2.06. The third-order valence-corrected chi connectivity index (χ3v) is 4.15. The van der Waals surface area contributed by atoms with E-state index in [9.17, 15) is 9.18 Å². The summed E-state index contributed by atoms with van der Waals surface area (Å²) in [5, 5.41) is 3.14. The summed E-state index contributed by atoms with van der Waals surface area (Å²) >= 11 is 1.26. The van der Waals surface area contributed by atoms with Gasteiger partial charge in [-0.15, -0.1) is 0 Å². The van der Waals surface area contributed by atoms with Gasteiger partial charge in [0.1, 0.15) is 11.3 Å². The Bertz CT molecular complexity index is 841. The van der Waals surface area contributed by atoms with Gasteiger partial charge in [0.15, 0.2) is 5.13 Å². The predicted octanol–water partition coefficient (Wildman–Crippen LogP) is 4.30. The molecule has 0 bridgehead atoms. The molecule has 0 radical (unpaired) electrons. The third kappa shape index (κ3) is 2.64. The van der Waals surface area contributed by atoms with E-state index in [4.69, 9.17) is 0 Å². The van der Waals surface area contributed by atoms with E-state index >= 15 is 0 Å². The third-order valence-electron chi connectivity index (χ3n) is 3.22. The summed E-state index contributed by atoms with van der Waals surface area (Å²) in [6, 6.07) is 10.4. The molecule has 21 heavy (non-hydrogen) atoms. The molecule has 3 aromatic rings. The average molecular weight is 300 g/mol. The Morgan fingerprint density at radius 2 is 2.05 bits per heavy atom. The molecule has 1 amide bonds. The number of fused-ring (bicyclic) bond motifs is 1. The van der Waals surface area contributed by atoms with Gasteiger partial charge in [0.05, 0.1) is 4.70 Å². The minimum Gasteiger partial charge on any atom is -0.298 e. The Hall–Kier alpha value is -2.27. The van der Waals surface area contributed by atoms with Crippen LogP contribution in [0.3, 0.4) is 0 Å². The van der Waals surface area contributed by atoms with Crippen molar-refractivity contribution in [3.63, 3.8) is 0 Å². The molecule has 0 aliphatic heterocycles. The number of carbonyl (C=O) groups excluding carboxylic acids is 1. The number of rotatable bonds is 2. The van der Waals surface area contributed by atoms with Gasteiger partial charge in [-0.1, -0.05) is 35.1 Å².